The number of thiophene rings is 1. The number of hydrogen-bond acceptors (Lipinski definition) is 3. The summed E-state index contributed by atoms with van der Waals surface area (Å²) < 4.78 is 11.4. The van der Waals surface area contributed by atoms with Crippen LogP contribution in [-0.2, 0) is 0 Å². The number of furan rings is 1. The molecule has 0 aliphatic rings. The van der Waals surface area contributed by atoms with E-state index < -0.39 is 0 Å². The summed E-state index contributed by atoms with van der Waals surface area (Å²) in [5.41, 5.74) is 8.59. The summed E-state index contributed by atoms with van der Waals surface area (Å²) in [5, 5.41) is 9.73. The second-order valence-corrected chi connectivity index (χ2v) is 13.9. The minimum absolute atomic E-state index is 0.885. The first-order chi connectivity index (χ1) is 24.8. The molecule has 0 spiro atoms. The van der Waals surface area contributed by atoms with Crippen molar-refractivity contribution >= 4 is 103 Å². The van der Waals surface area contributed by atoms with Crippen LogP contribution in [0.4, 0.5) is 17.1 Å². The van der Waals surface area contributed by atoms with Crippen molar-refractivity contribution in [1.82, 2.24) is 4.57 Å². The number of rotatable bonds is 4. The van der Waals surface area contributed by atoms with Gasteiger partial charge in [-0.05, 0) is 66.0 Å². The Hall–Kier alpha value is -6.36. The van der Waals surface area contributed by atoms with Gasteiger partial charge in [0.15, 0.2) is 0 Å². The maximum Gasteiger partial charge on any atom is 0.135 e. The molecule has 234 valence electrons. The lowest BCUT2D eigenvalue weighted by molar-refractivity contribution is 0.669. The van der Waals surface area contributed by atoms with E-state index in [-0.39, 0.29) is 0 Å². The van der Waals surface area contributed by atoms with Crippen molar-refractivity contribution in [3.05, 3.63) is 170 Å². The van der Waals surface area contributed by atoms with Gasteiger partial charge in [-0.15, -0.1) is 11.3 Å². The highest BCUT2D eigenvalue weighted by Gasteiger charge is 2.24. The second kappa shape index (κ2) is 10.6. The normalized spacial score (nSPS) is 12.0. The lowest BCUT2D eigenvalue weighted by Crippen LogP contribution is -2.12. The number of hydrogen-bond donors (Lipinski definition) is 0. The molecule has 11 rings (SSSR count). The molecule has 0 bridgehead atoms. The van der Waals surface area contributed by atoms with Crippen LogP contribution >= 0.6 is 11.3 Å². The Morgan fingerprint density at radius 2 is 1.20 bits per heavy atom. The first-order valence-electron chi connectivity index (χ1n) is 16.9. The first kappa shape index (κ1) is 27.6. The summed E-state index contributed by atoms with van der Waals surface area (Å²) in [5.74, 6) is 0. The van der Waals surface area contributed by atoms with Gasteiger partial charge in [-0.25, -0.2) is 0 Å². The van der Waals surface area contributed by atoms with Gasteiger partial charge in [0.25, 0.3) is 0 Å². The Labute approximate surface area is 291 Å². The highest BCUT2D eigenvalue weighted by atomic mass is 32.1. The molecule has 0 saturated heterocycles. The second-order valence-electron chi connectivity index (χ2n) is 12.9. The molecule has 0 saturated carbocycles. The summed E-state index contributed by atoms with van der Waals surface area (Å²) in [7, 11) is 0. The van der Waals surface area contributed by atoms with Gasteiger partial charge >= 0.3 is 0 Å². The number of anilines is 3. The van der Waals surface area contributed by atoms with Crippen LogP contribution < -0.4 is 4.90 Å². The van der Waals surface area contributed by atoms with Gasteiger partial charge in [-0.3, -0.25) is 0 Å². The summed E-state index contributed by atoms with van der Waals surface area (Å²) in [6.07, 6.45) is 0. The third-order valence-corrected chi connectivity index (χ3v) is 11.4. The van der Waals surface area contributed by atoms with Crippen molar-refractivity contribution in [2.45, 2.75) is 0 Å². The molecule has 0 atom stereocenters. The molecule has 0 fully saturated rings. The van der Waals surface area contributed by atoms with Crippen LogP contribution in [0.2, 0.25) is 0 Å². The maximum absolute atomic E-state index is 6.33. The molecular formula is C46H28N2OS. The van der Waals surface area contributed by atoms with E-state index in [2.05, 4.69) is 173 Å². The van der Waals surface area contributed by atoms with Gasteiger partial charge < -0.3 is 13.9 Å². The van der Waals surface area contributed by atoms with Crippen molar-refractivity contribution < 1.29 is 4.42 Å². The Morgan fingerprint density at radius 3 is 2.12 bits per heavy atom. The zero-order chi connectivity index (χ0) is 32.8. The first-order valence-corrected chi connectivity index (χ1v) is 17.8. The third-order valence-electron chi connectivity index (χ3n) is 10.2. The van der Waals surface area contributed by atoms with Crippen LogP contribution in [-0.4, -0.2) is 4.57 Å². The molecule has 3 heterocycles. The number of nitrogens with zero attached hydrogens (tertiary/aromatic N) is 2. The van der Waals surface area contributed by atoms with Gasteiger partial charge in [-0.1, -0.05) is 109 Å². The van der Waals surface area contributed by atoms with Crippen LogP contribution in [0.3, 0.4) is 0 Å². The topological polar surface area (TPSA) is 21.3 Å². The Morgan fingerprint density at radius 1 is 0.480 bits per heavy atom. The van der Waals surface area contributed by atoms with Crippen molar-refractivity contribution in [3.8, 4) is 5.69 Å². The number of para-hydroxylation sites is 4. The molecule has 3 aromatic heterocycles. The molecule has 50 heavy (non-hydrogen) atoms. The van der Waals surface area contributed by atoms with Gasteiger partial charge in [0, 0.05) is 58.5 Å². The minimum atomic E-state index is 0.885. The van der Waals surface area contributed by atoms with Crippen molar-refractivity contribution in [2.24, 2.45) is 0 Å². The summed E-state index contributed by atoms with van der Waals surface area (Å²) in [6, 6.07) is 61.3. The molecule has 0 amide bonds. The fraction of sp³-hybridized carbons (Fsp3) is 0. The van der Waals surface area contributed by atoms with E-state index in [0.29, 0.717) is 0 Å². The van der Waals surface area contributed by atoms with E-state index in [9.17, 15) is 0 Å². The average Bonchev–Trinajstić information content (AvgIpc) is 3.85. The number of benzene rings is 8. The molecular weight excluding hydrogens is 629 g/mol. The molecule has 0 N–H and O–H groups in total. The van der Waals surface area contributed by atoms with Crippen molar-refractivity contribution in [2.75, 3.05) is 4.90 Å². The van der Waals surface area contributed by atoms with Gasteiger partial charge in [0.05, 0.1) is 22.4 Å². The molecule has 0 aliphatic heterocycles. The molecule has 0 aliphatic carbocycles. The van der Waals surface area contributed by atoms with E-state index in [1.807, 2.05) is 17.4 Å². The molecule has 0 radical (unpaired) electrons. The Kier molecular flexibility index (Phi) is 5.83. The monoisotopic (exact) mass is 656 g/mol. The minimum Gasteiger partial charge on any atom is -0.456 e. The molecule has 4 heteroatoms. The van der Waals surface area contributed by atoms with E-state index in [4.69, 9.17) is 4.42 Å². The average molecular weight is 657 g/mol. The predicted octanol–water partition coefficient (Wildman–Crippen LogP) is 13.7. The molecule has 0 unspecified atom stereocenters. The lowest BCUT2D eigenvalue weighted by atomic mass is 10.0. The maximum atomic E-state index is 6.33. The van der Waals surface area contributed by atoms with Crippen LogP contribution in [0.5, 0.6) is 0 Å². The zero-order valence-electron chi connectivity index (χ0n) is 26.9. The van der Waals surface area contributed by atoms with Crippen LogP contribution in [0, 0.1) is 0 Å². The van der Waals surface area contributed by atoms with Crippen molar-refractivity contribution in [3.63, 3.8) is 0 Å². The molecule has 8 aromatic carbocycles. The summed E-state index contributed by atoms with van der Waals surface area (Å²) in [6.45, 7) is 0. The van der Waals surface area contributed by atoms with E-state index >= 15 is 0 Å². The smallest absolute Gasteiger partial charge is 0.135 e. The summed E-state index contributed by atoms with van der Waals surface area (Å²) >= 11 is 1.88. The van der Waals surface area contributed by atoms with Crippen LogP contribution in [0.25, 0.3) is 80.4 Å². The zero-order valence-corrected chi connectivity index (χ0v) is 27.7. The van der Waals surface area contributed by atoms with E-state index in [1.165, 1.54) is 47.2 Å². The molecule has 3 nitrogen and oxygen atoms in total. The lowest BCUT2D eigenvalue weighted by Gasteiger charge is -2.28. The fourth-order valence-electron chi connectivity index (χ4n) is 8.01. The highest BCUT2D eigenvalue weighted by molar-refractivity contribution is 7.26. The van der Waals surface area contributed by atoms with Gasteiger partial charge in [0.2, 0.25) is 0 Å². The van der Waals surface area contributed by atoms with Gasteiger partial charge in [-0.2, -0.15) is 0 Å². The number of fused-ring (bicyclic) bond motifs is 11. The summed E-state index contributed by atoms with van der Waals surface area (Å²) in [4.78, 5) is 2.48. The SMILES string of the molecule is c1ccc(-n2c3ccccc3c3cccc(N(c4ccc5oc6ccccc6c5c4)c4cccc5ccc6c7ccccc7sc6c45)c32)cc1. The van der Waals surface area contributed by atoms with E-state index in [0.717, 1.165) is 50.2 Å². The fourth-order valence-corrected chi connectivity index (χ4v) is 9.27. The van der Waals surface area contributed by atoms with Gasteiger partial charge in [0.1, 0.15) is 11.2 Å². The van der Waals surface area contributed by atoms with Crippen LogP contribution in [0.1, 0.15) is 0 Å². The standard InChI is InChI=1S/C46H28N2OS/c1-2-13-30(14-3-1)48-38-19-7-4-15-32(38)35-18-11-21-40(45(35)48)47(31-25-27-42-37(28-31)33-16-5-8-22-41(33)49-42)39-20-10-12-29-24-26-36-34-17-6-9-23-43(34)50-46(36)44(29)39/h1-28H. The van der Waals surface area contributed by atoms with Crippen LogP contribution in [0.15, 0.2) is 174 Å². The van der Waals surface area contributed by atoms with E-state index in [1.54, 1.807) is 0 Å². The highest BCUT2D eigenvalue weighted by Crippen LogP contribution is 2.49. The molecule has 11 aromatic rings. The number of aromatic nitrogens is 1. The third kappa shape index (κ3) is 3.91. The largest absolute Gasteiger partial charge is 0.456 e. The Balaban J connectivity index is 1.31. The quantitative estimate of drug-likeness (QED) is 0.188. The van der Waals surface area contributed by atoms with Crippen molar-refractivity contribution in [1.29, 1.82) is 0 Å². The predicted molar refractivity (Wildman–Crippen MR) is 213 cm³/mol. The Bertz CT molecular complexity index is 3110.